The summed E-state index contributed by atoms with van der Waals surface area (Å²) in [6, 6.07) is 16.6. The van der Waals surface area contributed by atoms with Crippen LogP contribution in [-0.2, 0) is 19.6 Å². The number of carbonyl (C=O) groups is 2. The second-order valence-corrected chi connectivity index (χ2v) is 7.18. The van der Waals surface area contributed by atoms with Gasteiger partial charge in [0.1, 0.15) is 6.10 Å². The van der Waals surface area contributed by atoms with E-state index >= 15 is 0 Å². The molecule has 2 atom stereocenters. The molecule has 2 aromatic rings. The Bertz CT molecular complexity index is 776. The monoisotopic (exact) mass is 384 g/mol. The molecule has 1 aliphatic rings. The van der Waals surface area contributed by atoms with Crippen molar-refractivity contribution in [2.24, 2.45) is 11.8 Å². The number of rotatable bonds is 5. The molecule has 0 aromatic heterocycles. The van der Waals surface area contributed by atoms with Crippen LogP contribution in [0.2, 0.25) is 0 Å². The number of hydrogen-bond acceptors (Lipinski definition) is 6. The van der Waals surface area contributed by atoms with Gasteiger partial charge in [0.25, 0.3) is 0 Å². The molecule has 1 saturated carbocycles. The summed E-state index contributed by atoms with van der Waals surface area (Å²) in [6.07, 6.45) is 1.87. The summed E-state index contributed by atoms with van der Waals surface area (Å²) in [5.74, 6) is -0.268. The van der Waals surface area contributed by atoms with Crippen LogP contribution in [0.4, 0.5) is 4.79 Å². The van der Waals surface area contributed by atoms with Crippen molar-refractivity contribution in [2.45, 2.75) is 39.2 Å². The Morgan fingerprint density at radius 2 is 1.43 bits per heavy atom. The van der Waals surface area contributed by atoms with Crippen molar-refractivity contribution in [2.75, 3.05) is 0 Å². The first-order valence-corrected chi connectivity index (χ1v) is 9.46. The molecule has 28 heavy (non-hydrogen) atoms. The lowest BCUT2D eigenvalue weighted by Gasteiger charge is -2.32. The minimum absolute atomic E-state index is 0.230. The highest BCUT2D eigenvalue weighted by atomic mass is 17.5. The largest absolute Gasteiger partial charge is 0.543 e. The Kier molecular flexibility index (Phi) is 6.66. The fraction of sp³-hybridized carbons (Fsp3) is 0.364. The van der Waals surface area contributed by atoms with Crippen molar-refractivity contribution in [3.63, 3.8) is 0 Å². The van der Waals surface area contributed by atoms with Gasteiger partial charge in [0.05, 0.1) is 10.6 Å². The minimum atomic E-state index is -1.02. The van der Waals surface area contributed by atoms with Gasteiger partial charge < -0.3 is 4.74 Å². The maximum absolute atomic E-state index is 12.0. The summed E-state index contributed by atoms with van der Waals surface area (Å²) in [5.41, 5.74) is 2.27. The summed E-state index contributed by atoms with van der Waals surface area (Å²) in [5, 5.41) is 4.31. The highest BCUT2D eigenvalue weighted by Gasteiger charge is 2.32. The molecule has 2 unspecified atom stereocenters. The van der Waals surface area contributed by atoms with E-state index in [1.807, 2.05) is 44.2 Å². The van der Waals surface area contributed by atoms with Crippen LogP contribution in [0.3, 0.4) is 0 Å². The quantitative estimate of drug-likeness (QED) is 0.394. The van der Waals surface area contributed by atoms with Crippen molar-refractivity contribution in [1.82, 2.24) is 0 Å². The molecule has 0 aliphatic heterocycles. The van der Waals surface area contributed by atoms with E-state index in [9.17, 15) is 9.59 Å². The van der Waals surface area contributed by atoms with E-state index in [1.54, 1.807) is 24.3 Å². The average Bonchev–Trinajstić information content (AvgIpc) is 2.71. The number of hydrogen-bond donors (Lipinski definition) is 0. The van der Waals surface area contributed by atoms with Gasteiger partial charge in [-0.2, -0.15) is 0 Å². The zero-order valence-electron chi connectivity index (χ0n) is 16.0. The van der Waals surface area contributed by atoms with E-state index in [4.69, 9.17) is 4.74 Å². The van der Waals surface area contributed by atoms with E-state index in [-0.39, 0.29) is 23.5 Å². The van der Waals surface area contributed by atoms with Crippen LogP contribution in [-0.4, -0.2) is 18.2 Å². The Labute approximate surface area is 164 Å². The Morgan fingerprint density at radius 3 is 2.07 bits per heavy atom. The highest BCUT2D eigenvalue weighted by molar-refractivity contribution is 5.89. The molecular weight excluding hydrogens is 360 g/mol. The molecule has 6 nitrogen and oxygen atoms in total. The lowest BCUT2D eigenvalue weighted by Crippen LogP contribution is -2.35. The van der Waals surface area contributed by atoms with Gasteiger partial charge in [0.15, 0.2) is 0 Å². The Morgan fingerprint density at radius 1 is 0.821 bits per heavy atom. The van der Waals surface area contributed by atoms with Crippen LogP contribution in [0.1, 0.15) is 43.5 Å². The SMILES string of the molecule is CC1CCCC(C)C1OC(=O)OOOC(=O)c1ccc(-c2ccccc2)cc1. The second-order valence-electron chi connectivity index (χ2n) is 7.18. The van der Waals surface area contributed by atoms with Crippen LogP contribution in [0.5, 0.6) is 0 Å². The van der Waals surface area contributed by atoms with Crippen molar-refractivity contribution >= 4 is 12.1 Å². The molecule has 2 aromatic carbocycles. The van der Waals surface area contributed by atoms with Crippen LogP contribution >= 0.6 is 0 Å². The van der Waals surface area contributed by atoms with Crippen LogP contribution in [0.25, 0.3) is 11.1 Å². The van der Waals surface area contributed by atoms with E-state index in [1.165, 1.54) is 0 Å². The molecule has 1 aliphatic carbocycles. The zero-order chi connectivity index (χ0) is 19.9. The molecular formula is C22H24O6. The molecule has 0 heterocycles. The topological polar surface area (TPSA) is 71.1 Å². The van der Waals surface area contributed by atoms with Gasteiger partial charge in [0.2, 0.25) is 0 Å². The average molecular weight is 384 g/mol. The van der Waals surface area contributed by atoms with Gasteiger partial charge in [-0.25, -0.2) is 14.5 Å². The summed E-state index contributed by atoms with van der Waals surface area (Å²) in [6.45, 7) is 4.07. The third-order valence-corrected chi connectivity index (χ3v) is 5.11. The van der Waals surface area contributed by atoms with Crippen molar-refractivity contribution < 1.29 is 29.1 Å². The maximum Gasteiger partial charge on any atom is 0.543 e. The molecule has 1 fully saturated rings. The molecule has 0 N–H and O–H groups in total. The van der Waals surface area contributed by atoms with Gasteiger partial charge in [0, 0.05) is 0 Å². The predicted molar refractivity (Wildman–Crippen MR) is 102 cm³/mol. The lowest BCUT2D eigenvalue weighted by molar-refractivity contribution is -0.453. The van der Waals surface area contributed by atoms with Gasteiger partial charge in [-0.3, -0.25) is 4.89 Å². The van der Waals surface area contributed by atoms with Crippen LogP contribution < -0.4 is 0 Å². The second kappa shape index (κ2) is 9.37. The van der Waals surface area contributed by atoms with Gasteiger partial charge in [-0.05, 0) is 47.9 Å². The summed E-state index contributed by atoms with van der Waals surface area (Å²) < 4.78 is 5.29. The molecule has 0 bridgehead atoms. The number of ether oxygens (including phenoxy) is 1. The van der Waals surface area contributed by atoms with E-state index in [2.05, 4.69) is 14.8 Å². The molecule has 0 spiro atoms. The smallest absolute Gasteiger partial charge is 0.428 e. The zero-order valence-corrected chi connectivity index (χ0v) is 16.0. The third-order valence-electron chi connectivity index (χ3n) is 5.11. The van der Waals surface area contributed by atoms with Gasteiger partial charge >= 0.3 is 12.1 Å². The Hall–Kier alpha value is -2.86. The first-order valence-electron chi connectivity index (χ1n) is 9.46. The Balaban J connectivity index is 1.45. The predicted octanol–water partition coefficient (Wildman–Crippen LogP) is 5.33. The minimum Gasteiger partial charge on any atom is -0.428 e. The molecule has 0 amide bonds. The maximum atomic E-state index is 12.0. The fourth-order valence-electron chi connectivity index (χ4n) is 3.57. The first kappa shape index (κ1) is 19.9. The van der Waals surface area contributed by atoms with Gasteiger partial charge in [-0.1, -0.05) is 62.7 Å². The standard InChI is InChI=1S/C22H24O6/c1-15-7-6-8-16(2)20(15)25-22(24)27-28-26-21(23)19-13-11-18(12-14-19)17-9-4-3-5-10-17/h3-5,9-16,20H,6-8H2,1-2H3. The molecule has 148 valence electrons. The molecule has 3 rings (SSSR count). The van der Waals surface area contributed by atoms with Gasteiger partial charge in [-0.15, -0.1) is 0 Å². The van der Waals surface area contributed by atoms with Crippen molar-refractivity contribution in [1.29, 1.82) is 0 Å². The highest BCUT2D eigenvalue weighted by Crippen LogP contribution is 2.31. The van der Waals surface area contributed by atoms with E-state index < -0.39 is 12.1 Å². The van der Waals surface area contributed by atoms with Crippen molar-refractivity contribution in [3.05, 3.63) is 60.2 Å². The summed E-state index contributed by atoms with van der Waals surface area (Å²) >= 11 is 0. The number of carbonyl (C=O) groups excluding carboxylic acids is 2. The molecule has 6 heteroatoms. The normalized spacial score (nSPS) is 21.6. The summed E-state index contributed by atoms with van der Waals surface area (Å²) in [4.78, 5) is 32.7. The summed E-state index contributed by atoms with van der Waals surface area (Å²) in [7, 11) is 0. The third kappa shape index (κ3) is 5.10. The van der Waals surface area contributed by atoms with E-state index in [0.717, 1.165) is 30.4 Å². The van der Waals surface area contributed by atoms with Crippen LogP contribution in [0.15, 0.2) is 54.6 Å². The van der Waals surface area contributed by atoms with E-state index in [0.29, 0.717) is 0 Å². The molecule has 0 radical (unpaired) electrons. The fourth-order valence-corrected chi connectivity index (χ4v) is 3.57. The first-order chi connectivity index (χ1) is 13.5. The van der Waals surface area contributed by atoms with Crippen molar-refractivity contribution in [3.8, 4) is 11.1 Å². The lowest BCUT2D eigenvalue weighted by atomic mass is 9.81. The number of benzene rings is 2. The molecule has 0 saturated heterocycles. The van der Waals surface area contributed by atoms with Crippen LogP contribution in [0, 0.1) is 11.8 Å².